The number of carbonyl (C=O) groups excluding carboxylic acids is 1. The van der Waals surface area contributed by atoms with Gasteiger partial charge in [0.05, 0.1) is 7.11 Å². The maximum absolute atomic E-state index is 12.6. The molecule has 0 aromatic heterocycles. The number of halogens is 3. The van der Waals surface area contributed by atoms with E-state index in [0.29, 0.717) is 11.5 Å². The van der Waals surface area contributed by atoms with Crippen molar-refractivity contribution in [2.45, 2.75) is 12.8 Å². The maximum atomic E-state index is 12.6. The predicted molar refractivity (Wildman–Crippen MR) is 74.2 cm³/mol. The SMILES string of the molecule is COc1ccccc1OCc1ccccc1C(=O)C(F)(F)F. The van der Waals surface area contributed by atoms with Gasteiger partial charge in [0.25, 0.3) is 5.78 Å². The van der Waals surface area contributed by atoms with E-state index >= 15 is 0 Å². The Hall–Kier alpha value is -2.50. The van der Waals surface area contributed by atoms with Crippen LogP contribution < -0.4 is 9.47 Å². The smallest absolute Gasteiger partial charge is 0.454 e. The Morgan fingerprint density at radius 1 is 1.00 bits per heavy atom. The number of methoxy groups -OCH3 is 1. The van der Waals surface area contributed by atoms with Crippen LogP contribution in [0, 0.1) is 0 Å². The third-order valence-corrected chi connectivity index (χ3v) is 2.97. The maximum Gasteiger partial charge on any atom is 0.454 e. The molecular formula is C16H13F3O3. The molecule has 0 heterocycles. The van der Waals surface area contributed by atoms with Crippen LogP contribution in [-0.4, -0.2) is 19.1 Å². The molecule has 6 heteroatoms. The molecule has 2 aromatic carbocycles. The summed E-state index contributed by atoms with van der Waals surface area (Å²) in [6, 6.07) is 12.2. The van der Waals surface area contributed by atoms with Crippen LogP contribution in [0.4, 0.5) is 13.2 Å². The van der Waals surface area contributed by atoms with Crippen molar-refractivity contribution in [2.75, 3.05) is 7.11 Å². The molecule has 0 fully saturated rings. The molecule has 0 unspecified atom stereocenters. The van der Waals surface area contributed by atoms with Crippen LogP contribution in [0.2, 0.25) is 0 Å². The van der Waals surface area contributed by atoms with Gasteiger partial charge >= 0.3 is 6.18 Å². The molecule has 116 valence electrons. The summed E-state index contributed by atoms with van der Waals surface area (Å²) >= 11 is 0. The lowest BCUT2D eigenvalue weighted by atomic mass is 10.0. The van der Waals surface area contributed by atoms with Crippen molar-refractivity contribution in [3.63, 3.8) is 0 Å². The zero-order chi connectivity index (χ0) is 16.2. The van der Waals surface area contributed by atoms with Crippen molar-refractivity contribution in [3.05, 3.63) is 59.7 Å². The molecule has 0 saturated heterocycles. The van der Waals surface area contributed by atoms with E-state index in [-0.39, 0.29) is 12.2 Å². The first-order valence-electron chi connectivity index (χ1n) is 6.38. The van der Waals surface area contributed by atoms with Gasteiger partial charge in [-0.2, -0.15) is 13.2 Å². The highest BCUT2D eigenvalue weighted by Crippen LogP contribution is 2.28. The summed E-state index contributed by atoms with van der Waals surface area (Å²) in [7, 11) is 1.46. The number of Topliss-reactive ketones (excluding diaryl/α,β-unsaturated/α-hetero) is 1. The summed E-state index contributed by atoms with van der Waals surface area (Å²) in [4.78, 5) is 11.4. The number of hydrogen-bond acceptors (Lipinski definition) is 3. The number of rotatable bonds is 5. The van der Waals surface area contributed by atoms with Gasteiger partial charge in [-0.3, -0.25) is 4.79 Å². The molecule has 0 atom stereocenters. The zero-order valence-corrected chi connectivity index (χ0v) is 11.7. The van der Waals surface area contributed by atoms with Crippen LogP contribution in [-0.2, 0) is 6.61 Å². The molecule has 2 aromatic rings. The van der Waals surface area contributed by atoms with Crippen molar-refractivity contribution in [1.29, 1.82) is 0 Å². The summed E-state index contributed by atoms with van der Waals surface area (Å²) in [5.41, 5.74) is -0.249. The van der Waals surface area contributed by atoms with E-state index in [9.17, 15) is 18.0 Å². The standard InChI is InChI=1S/C16H13F3O3/c1-21-13-8-4-5-9-14(13)22-10-11-6-2-3-7-12(11)15(20)16(17,18)19/h2-9H,10H2,1H3. The molecule has 0 spiro atoms. The fraction of sp³-hybridized carbons (Fsp3) is 0.188. The lowest BCUT2D eigenvalue weighted by Crippen LogP contribution is -2.24. The van der Waals surface area contributed by atoms with Gasteiger partial charge in [0.1, 0.15) is 6.61 Å². The molecule has 0 radical (unpaired) electrons. The minimum Gasteiger partial charge on any atom is -0.493 e. The Kier molecular flexibility index (Phi) is 4.70. The van der Waals surface area contributed by atoms with Gasteiger partial charge in [0.15, 0.2) is 11.5 Å². The molecule has 22 heavy (non-hydrogen) atoms. The van der Waals surface area contributed by atoms with Crippen molar-refractivity contribution in [1.82, 2.24) is 0 Å². The first-order chi connectivity index (χ1) is 10.4. The zero-order valence-electron chi connectivity index (χ0n) is 11.7. The van der Waals surface area contributed by atoms with Gasteiger partial charge in [-0.25, -0.2) is 0 Å². The molecule has 0 saturated carbocycles. The van der Waals surface area contributed by atoms with Crippen LogP contribution in [0.3, 0.4) is 0 Å². The van der Waals surface area contributed by atoms with E-state index in [2.05, 4.69) is 0 Å². The topological polar surface area (TPSA) is 35.5 Å². The Labute approximate surface area is 125 Å². The Bertz CT molecular complexity index is 666. The summed E-state index contributed by atoms with van der Waals surface area (Å²) in [6.07, 6.45) is -4.92. The largest absolute Gasteiger partial charge is 0.493 e. The number of ether oxygens (including phenoxy) is 2. The lowest BCUT2D eigenvalue weighted by Gasteiger charge is -2.13. The van der Waals surface area contributed by atoms with E-state index in [4.69, 9.17) is 9.47 Å². The summed E-state index contributed by atoms with van der Waals surface area (Å²) < 4.78 is 48.3. The predicted octanol–water partition coefficient (Wildman–Crippen LogP) is 4.02. The van der Waals surface area contributed by atoms with Gasteiger partial charge in [-0.15, -0.1) is 0 Å². The van der Waals surface area contributed by atoms with Gasteiger partial charge in [0, 0.05) is 11.1 Å². The quantitative estimate of drug-likeness (QED) is 0.783. The second kappa shape index (κ2) is 6.51. The van der Waals surface area contributed by atoms with Gasteiger partial charge in [-0.1, -0.05) is 36.4 Å². The minimum absolute atomic E-state index is 0.163. The average molecular weight is 310 g/mol. The van der Waals surface area contributed by atoms with Crippen molar-refractivity contribution < 1.29 is 27.4 Å². The van der Waals surface area contributed by atoms with Crippen LogP contribution in [0.15, 0.2) is 48.5 Å². The normalized spacial score (nSPS) is 11.1. The number of benzene rings is 2. The molecule has 0 bridgehead atoms. The first-order valence-corrected chi connectivity index (χ1v) is 6.38. The summed E-state index contributed by atoms with van der Waals surface area (Å²) in [5.74, 6) is -1.03. The number of alkyl halides is 3. The highest BCUT2D eigenvalue weighted by atomic mass is 19.4. The first kappa shape index (κ1) is 15.9. The molecule has 0 N–H and O–H groups in total. The van der Waals surface area contributed by atoms with Crippen LogP contribution in [0.5, 0.6) is 11.5 Å². The van der Waals surface area contributed by atoms with Gasteiger partial charge in [0.2, 0.25) is 0 Å². The summed E-state index contributed by atoms with van der Waals surface area (Å²) in [6.45, 7) is -0.168. The van der Waals surface area contributed by atoms with E-state index in [0.717, 1.165) is 6.07 Å². The molecule has 0 amide bonds. The lowest BCUT2D eigenvalue weighted by molar-refractivity contribution is -0.0886. The summed E-state index contributed by atoms with van der Waals surface area (Å²) in [5, 5.41) is 0. The highest BCUT2D eigenvalue weighted by Gasteiger charge is 2.40. The van der Waals surface area contributed by atoms with E-state index in [1.54, 1.807) is 30.3 Å². The Morgan fingerprint density at radius 3 is 2.23 bits per heavy atom. The number of hydrogen-bond donors (Lipinski definition) is 0. The van der Waals surface area contributed by atoms with Gasteiger partial charge < -0.3 is 9.47 Å². The van der Waals surface area contributed by atoms with Gasteiger partial charge in [-0.05, 0) is 12.1 Å². The Balaban J connectivity index is 2.22. The number of carbonyl (C=O) groups is 1. The van der Waals surface area contributed by atoms with Crippen molar-refractivity contribution in [2.24, 2.45) is 0 Å². The highest BCUT2D eigenvalue weighted by molar-refractivity contribution is 6.01. The van der Waals surface area contributed by atoms with E-state index in [1.165, 1.54) is 19.2 Å². The van der Waals surface area contributed by atoms with Crippen molar-refractivity contribution >= 4 is 5.78 Å². The van der Waals surface area contributed by atoms with E-state index in [1.807, 2.05) is 0 Å². The minimum atomic E-state index is -4.92. The molecule has 0 aliphatic carbocycles. The Morgan fingerprint density at radius 2 is 1.59 bits per heavy atom. The average Bonchev–Trinajstić information content (AvgIpc) is 2.52. The van der Waals surface area contributed by atoms with E-state index < -0.39 is 17.5 Å². The molecule has 0 aliphatic rings. The number of para-hydroxylation sites is 2. The molecular weight excluding hydrogens is 297 g/mol. The van der Waals surface area contributed by atoms with Crippen LogP contribution in [0.1, 0.15) is 15.9 Å². The second-order valence-corrected chi connectivity index (χ2v) is 4.42. The molecule has 0 aliphatic heterocycles. The van der Waals surface area contributed by atoms with Crippen LogP contribution in [0.25, 0.3) is 0 Å². The third kappa shape index (κ3) is 3.58. The fourth-order valence-corrected chi connectivity index (χ4v) is 1.91. The molecule has 2 rings (SSSR count). The monoisotopic (exact) mass is 310 g/mol. The molecule has 3 nitrogen and oxygen atoms in total. The number of ketones is 1. The third-order valence-electron chi connectivity index (χ3n) is 2.97. The van der Waals surface area contributed by atoms with Crippen LogP contribution >= 0.6 is 0 Å². The van der Waals surface area contributed by atoms with Crippen molar-refractivity contribution in [3.8, 4) is 11.5 Å². The second-order valence-electron chi connectivity index (χ2n) is 4.42. The fourth-order valence-electron chi connectivity index (χ4n) is 1.91.